The van der Waals surface area contributed by atoms with Crippen LogP contribution in [0.3, 0.4) is 0 Å². The van der Waals surface area contributed by atoms with Crippen LogP contribution in [0.2, 0.25) is 0 Å². The van der Waals surface area contributed by atoms with Gasteiger partial charge >= 0.3 is 0 Å². The predicted molar refractivity (Wildman–Crippen MR) is 87.4 cm³/mol. The second-order valence-electron chi connectivity index (χ2n) is 5.77. The van der Waals surface area contributed by atoms with Crippen molar-refractivity contribution in [3.63, 3.8) is 0 Å². The lowest BCUT2D eigenvalue weighted by molar-refractivity contribution is 0.0843. The van der Waals surface area contributed by atoms with Gasteiger partial charge in [-0.15, -0.1) is 0 Å². The Bertz CT molecular complexity index is 493. The molecule has 1 atom stereocenters. The maximum absolute atomic E-state index is 6.33. The van der Waals surface area contributed by atoms with Gasteiger partial charge in [0.05, 0.1) is 5.69 Å². The first-order valence-electron chi connectivity index (χ1n) is 7.16. The van der Waals surface area contributed by atoms with Gasteiger partial charge in [0.2, 0.25) is 0 Å². The number of benzene rings is 1. The summed E-state index contributed by atoms with van der Waals surface area (Å²) in [6, 6.07) is 8.41. The fourth-order valence-corrected chi connectivity index (χ4v) is 3.64. The Balaban J connectivity index is 1.98. The van der Waals surface area contributed by atoms with Gasteiger partial charge < -0.3 is 4.74 Å². The van der Waals surface area contributed by atoms with Crippen LogP contribution < -0.4 is 0 Å². The summed E-state index contributed by atoms with van der Waals surface area (Å²) in [6.07, 6.45) is 6.46. The van der Waals surface area contributed by atoms with E-state index in [1.165, 1.54) is 37.7 Å². The highest BCUT2D eigenvalue weighted by Crippen LogP contribution is 2.41. The molecule has 0 amide bonds. The summed E-state index contributed by atoms with van der Waals surface area (Å²) in [7, 11) is 0. The maximum atomic E-state index is 6.33. The lowest BCUT2D eigenvalue weighted by Crippen LogP contribution is -2.37. The van der Waals surface area contributed by atoms with Crippen molar-refractivity contribution in [1.82, 2.24) is 0 Å². The first kappa shape index (κ1) is 13.4. The average Bonchev–Trinajstić information content (AvgIpc) is 2.48. The summed E-state index contributed by atoms with van der Waals surface area (Å²) in [4.78, 5) is 4.80. The Hall–Kier alpha value is -0.580. The molecule has 0 saturated heterocycles. The Kier molecular flexibility index (Phi) is 3.83. The largest absolute Gasteiger partial charge is 0.469 e. The lowest BCUT2D eigenvalue weighted by atomic mass is 9.87. The van der Waals surface area contributed by atoms with Gasteiger partial charge in [-0.25, -0.2) is 4.99 Å². The van der Waals surface area contributed by atoms with Crippen LogP contribution >= 0.6 is 22.6 Å². The highest BCUT2D eigenvalue weighted by atomic mass is 127. The highest BCUT2D eigenvalue weighted by molar-refractivity contribution is 14.1. The Labute approximate surface area is 128 Å². The number of aliphatic imine (C=N–C) groups is 1. The topological polar surface area (TPSA) is 21.6 Å². The van der Waals surface area contributed by atoms with Crippen molar-refractivity contribution in [3.8, 4) is 0 Å². The molecule has 19 heavy (non-hydrogen) atoms. The van der Waals surface area contributed by atoms with E-state index in [4.69, 9.17) is 9.73 Å². The Morgan fingerprint density at radius 1 is 1.26 bits per heavy atom. The third-order valence-electron chi connectivity index (χ3n) is 4.24. The number of rotatable bonds is 2. The number of fused-ring (bicyclic) bond motifs is 1. The van der Waals surface area contributed by atoms with Crippen molar-refractivity contribution in [3.05, 3.63) is 29.8 Å². The van der Waals surface area contributed by atoms with Crippen molar-refractivity contribution in [1.29, 1.82) is 0 Å². The summed E-state index contributed by atoms with van der Waals surface area (Å²) in [5, 5.41) is 0. The molecule has 1 aromatic carbocycles. The fourth-order valence-electron chi connectivity index (χ4n) is 3.07. The first-order valence-corrected chi connectivity index (χ1v) is 8.68. The summed E-state index contributed by atoms with van der Waals surface area (Å²) in [6.45, 7) is 2.19. The third-order valence-corrected chi connectivity index (χ3v) is 5.70. The van der Waals surface area contributed by atoms with Crippen LogP contribution in [0.5, 0.6) is 0 Å². The second-order valence-corrected chi connectivity index (χ2v) is 6.53. The molecule has 1 unspecified atom stereocenters. The van der Waals surface area contributed by atoms with Crippen LogP contribution in [0.15, 0.2) is 29.3 Å². The van der Waals surface area contributed by atoms with Crippen LogP contribution in [0.1, 0.15) is 44.6 Å². The van der Waals surface area contributed by atoms with E-state index >= 15 is 0 Å². The molecular formula is C16H20INO. The number of para-hydroxylation sites is 1. The molecule has 0 bridgehead atoms. The number of alkyl halides is 1. The molecule has 2 aliphatic rings. The molecule has 102 valence electrons. The third kappa shape index (κ3) is 2.54. The number of nitrogens with zero attached hydrogens (tertiary/aromatic N) is 1. The van der Waals surface area contributed by atoms with E-state index < -0.39 is 0 Å². The van der Waals surface area contributed by atoms with Crippen LogP contribution in [0, 0.1) is 5.92 Å². The molecule has 0 spiro atoms. The molecule has 1 aliphatic heterocycles. The predicted octanol–water partition coefficient (Wildman–Crippen LogP) is 4.98. The number of halogens is 1. The molecule has 1 fully saturated rings. The van der Waals surface area contributed by atoms with Gasteiger partial charge in [-0.3, -0.25) is 0 Å². The van der Waals surface area contributed by atoms with Gasteiger partial charge in [0, 0.05) is 15.9 Å². The highest BCUT2D eigenvalue weighted by Gasteiger charge is 2.37. The van der Waals surface area contributed by atoms with Gasteiger partial charge in [0.15, 0.2) is 5.90 Å². The zero-order valence-electron chi connectivity index (χ0n) is 11.4. The van der Waals surface area contributed by atoms with Gasteiger partial charge in [-0.2, -0.15) is 0 Å². The fraction of sp³-hybridized carbons (Fsp3) is 0.562. The van der Waals surface area contributed by atoms with Gasteiger partial charge in [0.1, 0.15) is 5.60 Å². The summed E-state index contributed by atoms with van der Waals surface area (Å²) in [5.74, 6) is 1.52. The molecule has 0 radical (unpaired) electrons. The molecule has 2 nitrogen and oxygen atoms in total. The molecule has 1 heterocycles. The molecular weight excluding hydrogens is 349 g/mol. The molecule has 0 N–H and O–H groups in total. The van der Waals surface area contributed by atoms with Crippen molar-refractivity contribution in [2.75, 3.05) is 4.43 Å². The molecule has 3 rings (SSSR count). The first-order chi connectivity index (χ1) is 9.23. The van der Waals surface area contributed by atoms with Crippen molar-refractivity contribution >= 4 is 34.2 Å². The zero-order chi connectivity index (χ0) is 13.3. The van der Waals surface area contributed by atoms with E-state index in [2.05, 4.69) is 53.8 Å². The standard InChI is InChI=1S/C16H20INO/c1-16(11-17)13-9-5-6-10-14(13)18-15(19-16)12-7-3-2-4-8-12/h5-6,9-10,12H,2-4,7-8,11H2,1H3. The van der Waals surface area contributed by atoms with Gasteiger partial charge in [-0.05, 0) is 25.8 Å². The lowest BCUT2D eigenvalue weighted by Gasteiger charge is -2.37. The summed E-state index contributed by atoms with van der Waals surface area (Å²) in [5.41, 5.74) is 2.11. The number of ether oxygens (including phenoxy) is 1. The summed E-state index contributed by atoms with van der Waals surface area (Å²) < 4.78 is 7.28. The second kappa shape index (κ2) is 5.43. The minimum absolute atomic E-state index is 0.217. The zero-order valence-corrected chi connectivity index (χ0v) is 13.5. The smallest absolute Gasteiger partial charge is 0.192 e. The quantitative estimate of drug-likeness (QED) is 0.532. The van der Waals surface area contributed by atoms with Crippen LogP contribution in [-0.4, -0.2) is 10.3 Å². The monoisotopic (exact) mass is 369 g/mol. The minimum atomic E-state index is -0.217. The van der Waals surface area contributed by atoms with Crippen molar-refractivity contribution in [2.45, 2.75) is 44.6 Å². The molecule has 0 aromatic heterocycles. The van der Waals surface area contributed by atoms with Crippen molar-refractivity contribution < 1.29 is 4.74 Å². The number of hydrogen-bond donors (Lipinski definition) is 0. The minimum Gasteiger partial charge on any atom is -0.469 e. The molecule has 1 aliphatic carbocycles. The van der Waals surface area contributed by atoms with E-state index in [1.54, 1.807) is 0 Å². The maximum Gasteiger partial charge on any atom is 0.192 e. The molecule has 1 aromatic rings. The van der Waals surface area contributed by atoms with E-state index in [9.17, 15) is 0 Å². The molecule has 3 heteroatoms. The van der Waals surface area contributed by atoms with Gasteiger partial charge in [0.25, 0.3) is 0 Å². The van der Waals surface area contributed by atoms with Crippen LogP contribution in [0.4, 0.5) is 5.69 Å². The van der Waals surface area contributed by atoms with Crippen LogP contribution in [0.25, 0.3) is 0 Å². The normalized spacial score (nSPS) is 27.4. The Morgan fingerprint density at radius 2 is 2.00 bits per heavy atom. The van der Waals surface area contributed by atoms with E-state index in [-0.39, 0.29) is 5.60 Å². The average molecular weight is 369 g/mol. The Morgan fingerprint density at radius 3 is 2.74 bits per heavy atom. The van der Waals surface area contributed by atoms with Crippen molar-refractivity contribution in [2.24, 2.45) is 10.9 Å². The summed E-state index contributed by atoms with van der Waals surface area (Å²) >= 11 is 2.42. The SMILES string of the molecule is CC1(CI)OC(C2CCCCC2)=Nc2ccccc21. The van der Waals surface area contributed by atoms with E-state index in [0.29, 0.717) is 5.92 Å². The van der Waals surface area contributed by atoms with Crippen LogP contribution in [-0.2, 0) is 10.3 Å². The molecule has 1 saturated carbocycles. The van der Waals surface area contributed by atoms with Gasteiger partial charge in [-0.1, -0.05) is 60.1 Å². The van der Waals surface area contributed by atoms with E-state index in [1.807, 2.05) is 0 Å². The number of hydrogen-bond acceptors (Lipinski definition) is 2. The van der Waals surface area contributed by atoms with E-state index in [0.717, 1.165) is 16.0 Å².